The number of nitrogens with zero attached hydrogens (tertiary/aromatic N) is 1. The fourth-order valence-corrected chi connectivity index (χ4v) is 2.66. The van der Waals surface area contributed by atoms with Crippen molar-refractivity contribution in [2.75, 3.05) is 20.2 Å². The van der Waals surface area contributed by atoms with Crippen molar-refractivity contribution in [3.8, 4) is 0 Å². The van der Waals surface area contributed by atoms with Gasteiger partial charge in [0.25, 0.3) is 0 Å². The molecule has 0 aliphatic heterocycles. The summed E-state index contributed by atoms with van der Waals surface area (Å²) in [6, 6.07) is 8.65. The highest BCUT2D eigenvalue weighted by Crippen LogP contribution is 2.16. The van der Waals surface area contributed by atoms with Crippen molar-refractivity contribution in [2.45, 2.75) is 45.4 Å². The highest BCUT2D eigenvalue weighted by atomic mass is 16.5. The first-order valence-corrected chi connectivity index (χ1v) is 9.12. The summed E-state index contributed by atoms with van der Waals surface area (Å²) in [6.07, 6.45) is 3.97. The van der Waals surface area contributed by atoms with Gasteiger partial charge in [0.15, 0.2) is 0 Å². The molecule has 0 unspecified atom stereocenters. The molecule has 142 valence electrons. The summed E-state index contributed by atoms with van der Waals surface area (Å²) in [4.78, 5) is 25.5. The number of aryl methyl sites for hydroxylation is 1. The molecule has 0 spiro atoms. The third kappa shape index (κ3) is 7.26. The number of esters is 1. The van der Waals surface area contributed by atoms with Crippen LogP contribution < -0.4 is 0 Å². The normalized spacial score (nSPS) is 10.5. The van der Waals surface area contributed by atoms with Gasteiger partial charge < -0.3 is 9.64 Å². The summed E-state index contributed by atoms with van der Waals surface area (Å²) < 4.78 is 4.60. The molecule has 0 saturated carbocycles. The number of hydrogen-bond acceptors (Lipinski definition) is 3. The van der Waals surface area contributed by atoms with Gasteiger partial charge in [-0.25, -0.2) is 0 Å². The number of benzene rings is 1. The molecule has 0 atom stereocenters. The maximum atomic E-state index is 12.5. The lowest BCUT2D eigenvalue weighted by molar-refractivity contribution is -0.140. The van der Waals surface area contributed by atoms with Gasteiger partial charge in [-0.2, -0.15) is 0 Å². The van der Waals surface area contributed by atoms with Crippen molar-refractivity contribution < 1.29 is 14.3 Å². The molecule has 0 aliphatic rings. The Morgan fingerprint density at radius 3 is 2.38 bits per heavy atom. The maximum absolute atomic E-state index is 12.5. The Bertz CT molecular complexity index is 617. The minimum atomic E-state index is -0.334. The molecular weight excluding hydrogens is 326 g/mol. The van der Waals surface area contributed by atoms with Gasteiger partial charge in [-0.3, -0.25) is 9.59 Å². The van der Waals surface area contributed by atoms with E-state index in [1.807, 2.05) is 0 Å². The second-order valence-corrected chi connectivity index (χ2v) is 6.72. The summed E-state index contributed by atoms with van der Waals surface area (Å²) in [5, 5.41) is 0. The van der Waals surface area contributed by atoms with Crippen LogP contribution in [0.3, 0.4) is 0 Å². The number of amides is 1. The van der Waals surface area contributed by atoms with Crippen molar-refractivity contribution in [2.24, 2.45) is 0 Å². The van der Waals surface area contributed by atoms with E-state index < -0.39 is 0 Å². The van der Waals surface area contributed by atoms with E-state index in [-0.39, 0.29) is 18.3 Å². The van der Waals surface area contributed by atoms with Crippen molar-refractivity contribution in [3.63, 3.8) is 0 Å². The summed E-state index contributed by atoms with van der Waals surface area (Å²) in [7, 11) is 1.34. The van der Waals surface area contributed by atoms with Crippen LogP contribution >= 0.6 is 0 Å². The van der Waals surface area contributed by atoms with Crippen molar-refractivity contribution in [1.82, 2.24) is 4.90 Å². The van der Waals surface area contributed by atoms with Gasteiger partial charge >= 0.3 is 5.97 Å². The molecule has 0 aromatic heterocycles. The lowest BCUT2D eigenvalue weighted by atomic mass is 10.0. The average Bonchev–Trinajstić information content (AvgIpc) is 2.64. The van der Waals surface area contributed by atoms with Gasteiger partial charge in [-0.1, -0.05) is 50.8 Å². The van der Waals surface area contributed by atoms with Crippen LogP contribution in [0.5, 0.6) is 0 Å². The Balaban J connectivity index is 2.53. The minimum absolute atomic E-state index is 0.121. The van der Waals surface area contributed by atoms with Gasteiger partial charge in [-0.05, 0) is 36.3 Å². The Kier molecular flexibility index (Phi) is 9.42. The topological polar surface area (TPSA) is 46.6 Å². The fraction of sp³-hybridized carbons (Fsp3) is 0.455. The van der Waals surface area contributed by atoms with E-state index in [4.69, 9.17) is 0 Å². The SMILES string of the molecule is C=CCN(CCCc1ccc(C(C)C)cc1)C(=O)C(=C)CCC(=O)OC. The van der Waals surface area contributed by atoms with Crippen LogP contribution in [0.2, 0.25) is 0 Å². The van der Waals surface area contributed by atoms with E-state index in [0.717, 1.165) is 12.8 Å². The molecule has 4 nitrogen and oxygen atoms in total. The molecule has 4 heteroatoms. The number of ether oxygens (including phenoxy) is 1. The molecule has 1 amide bonds. The second kappa shape index (κ2) is 11.3. The average molecular weight is 357 g/mol. The Labute approximate surface area is 157 Å². The molecule has 0 radical (unpaired) electrons. The van der Waals surface area contributed by atoms with Crippen LogP contribution in [-0.2, 0) is 20.7 Å². The van der Waals surface area contributed by atoms with E-state index in [1.165, 1.54) is 18.2 Å². The molecule has 0 N–H and O–H groups in total. The quantitative estimate of drug-likeness (QED) is 0.338. The molecule has 1 aromatic carbocycles. The number of carbonyl (C=O) groups is 2. The highest BCUT2D eigenvalue weighted by molar-refractivity contribution is 5.93. The molecular formula is C22H31NO3. The molecule has 0 aliphatic carbocycles. The number of methoxy groups -OCH3 is 1. The Morgan fingerprint density at radius 2 is 1.85 bits per heavy atom. The number of carbonyl (C=O) groups excluding carboxylic acids is 2. The van der Waals surface area contributed by atoms with Crippen LogP contribution in [-0.4, -0.2) is 37.0 Å². The van der Waals surface area contributed by atoms with Crippen molar-refractivity contribution in [1.29, 1.82) is 0 Å². The molecule has 1 aromatic rings. The van der Waals surface area contributed by atoms with Crippen LogP contribution in [0.15, 0.2) is 49.1 Å². The first-order valence-electron chi connectivity index (χ1n) is 9.12. The van der Waals surface area contributed by atoms with E-state index in [1.54, 1.807) is 11.0 Å². The first kappa shape index (κ1) is 21.7. The summed E-state index contributed by atoms with van der Waals surface area (Å²) >= 11 is 0. The number of rotatable bonds is 11. The highest BCUT2D eigenvalue weighted by Gasteiger charge is 2.16. The van der Waals surface area contributed by atoms with Gasteiger partial charge in [-0.15, -0.1) is 6.58 Å². The minimum Gasteiger partial charge on any atom is -0.469 e. The molecule has 1 rings (SSSR count). The third-order valence-corrected chi connectivity index (χ3v) is 4.34. The van der Waals surface area contributed by atoms with E-state index in [9.17, 15) is 9.59 Å². The summed E-state index contributed by atoms with van der Waals surface area (Å²) in [6.45, 7) is 13.0. The fourth-order valence-electron chi connectivity index (χ4n) is 2.66. The molecule has 0 saturated heterocycles. The van der Waals surface area contributed by atoms with E-state index >= 15 is 0 Å². The van der Waals surface area contributed by atoms with E-state index in [0.29, 0.717) is 31.0 Å². The zero-order valence-electron chi connectivity index (χ0n) is 16.3. The lowest BCUT2D eigenvalue weighted by Gasteiger charge is -2.22. The first-order chi connectivity index (χ1) is 12.4. The van der Waals surface area contributed by atoms with Gasteiger partial charge in [0.1, 0.15) is 0 Å². The van der Waals surface area contributed by atoms with Crippen LogP contribution in [0.25, 0.3) is 0 Å². The zero-order valence-corrected chi connectivity index (χ0v) is 16.3. The Hall–Kier alpha value is -2.36. The predicted molar refractivity (Wildman–Crippen MR) is 106 cm³/mol. The monoisotopic (exact) mass is 357 g/mol. The summed E-state index contributed by atoms with van der Waals surface area (Å²) in [5.74, 6) is 0.0729. The second-order valence-electron chi connectivity index (χ2n) is 6.72. The van der Waals surface area contributed by atoms with Gasteiger partial charge in [0.2, 0.25) is 5.91 Å². The smallest absolute Gasteiger partial charge is 0.305 e. The van der Waals surface area contributed by atoms with Crippen molar-refractivity contribution in [3.05, 3.63) is 60.2 Å². The largest absolute Gasteiger partial charge is 0.469 e. The lowest BCUT2D eigenvalue weighted by Crippen LogP contribution is -2.33. The maximum Gasteiger partial charge on any atom is 0.305 e. The summed E-state index contributed by atoms with van der Waals surface area (Å²) in [5.41, 5.74) is 3.03. The number of hydrogen-bond donors (Lipinski definition) is 0. The molecule has 0 bridgehead atoms. The standard InChI is InChI=1S/C22H31NO3/c1-6-15-23(22(25)18(4)9-14-21(24)26-5)16-7-8-19-10-12-20(13-11-19)17(2)3/h6,10-13,17H,1,4,7-9,14-16H2,2-3,5H3. The zero-order chi connectivity index (χ0) is 19.5. The van der Waals surface area contributed by atoms with Crippen LogP contribution in [0.4, 0.5) is 0 Å². The molecule has 26 heavy (non-hydrogen) atoms. The van der Waals surface area contributed by atoms with E-state index in [2.05, 4.69) is 56.0 Å². The van der Waals surface area contributed by atoms with Gasteiger partial charge in [0, 0.05) is 25.1 Å². The predicted octanol–water partition coefficient (Wildman–Crippen LogP) is 4.27. The van der Waals surface area contributed by atoms with Crippen molar-refractivity contribution >= 4 is 11.9 Å². The third-order valence-electron chi connectivity index (χ3n) is 4.34. The molecule has 0 heterocycles. The van der Waals surface area contributed by atoms with Crippen LogP contribution in [0.1, 0.15) is 50.2 Å². The molecule has 0 fully saturated rings. The van der Waals surface area contributed by atoms with Gasteiger partial charge in [0.05, 0.1) is 7.11 Å². The Morgan fingerprint density at radius 1 is 1.19 bits per heavy atom. The van der Waals surface area contributed by atoms with Crippen LogP contribution in [0, 0.1) is 0 Å².